The Morgan fingerprint density at radius 1 is 1.06 bits per heavy atom. The second kappa shape index (κ2) is 9.40. The van der Waals surface area contributed by atoms with Crippen LogP contribution in [0.5, 0.6) is 11.5 Å². The van der Waals surface area contributed by atoms with Crippen LogP contribution in [0.3, 0.4) is 0 Å². The summed E-state index contributed by atoms with van der Waals surface area (Å²) in [6, 6.07) is 13.3. The summed E-state index contributed by atoms with van der Waals surface area (Å²) in [6.45, 7) is -0.0913. The van der Waals surface area contributed by atoms with Gasteiger partial charge in [0.15, 0.2) is 0 Å². The molecular formula is C23H20F3N5O3. The third-order valence-corrected chi connectivity index (χ3v) is 4.83. The Bertz CT molecular complexity index is 1320. The van der Waals surface area contributed by atoms with E-state index in [0.717, 1.165) is 17.6 Å². The highest BCUT2D eigenvalue weighted by Crippen LogP contribution is 2.31. The van der Waals surface area contributed by atoms with Crippen LogP contribution < -0.4 is 15.4 Å². The number of aryl methyl sites for hydroxylation is 1. The second-order valence-corrected chi connectivity index (χ2v) is 7.31. The number of rotatable bonds is 7. The largest absolute Gasteiger partial charge is 0.457 e. The number of aromatic nitrogens is 3. The molecule has 0 fully saturated rings. The van der Waals surface area contributed by atoms with E-state index in [1.54, 1.807) is 35.9 Å². The van der Waals surface area contributed by atoms with Crippen molar-refractivity contribution in [2.24, 2.45) is 7.05 Å². The van der Waals surface area contributed by atoms with Gasteiger partial charge in [0.1, 0.15) is 23.9 Å². The smallest absolute Gasteiger partial charge is 0.416 e. The summed E-state index contributed by atoms with van der Waals surface area (Å²) in [5.41, 5.74) is 1.17. The van der Waals surface area contributed by atoms with E-state index in [0.29, 0.717) is 34.5 Å². The van der Waals surface area contributed by atoms with Gasteiger partial charge in [0.25, 0.3) is 5.91 Å². The Labute approximate surface area is 192 Å². The zero-order chi connectivity index (χ0) is 24.3. The molecule has 0 unspecified atom stereocenters. The van der Waals surface area contributed by atoms with Crippen molar-refractivity contribution in [2.45, 2.75) is 6.18 Å². The number of halogens is 3. The number of fused-ring (bicyclic) bond motifs is 1. The molecule has 1 amide bonds. The van der Waals surface area contributed by atoms with E-state index in [-0.39, 0.29) is 12.5 Å². The lowest BCUT2D eigenvalue weighted by molar-refractivity contribution is -0.137. The van der Waals surface area contributed by atoms with Crippen molar-refractivity contribution in [3.05, 3.63) is 66.4 Å². The number of ether oxygens (including phenoxy) is 2. The summed E-state index contributed by atoms with van der Waals surface area (Å²) in [5, 5.41) is 5.63. The highest BCUT2D eigenvalue weighted by atomic mass is 19.4. The van der Waals surface area contributed by atoms with Gasteiger partial charge in [-0.25, -0.2) is 9.97 Å². The molecule has 2 aromatic carbocycles. The minimum absolute atomic E-state index is 0.0913. The van der Waals surface area contributed by atoms with E-state index < -0.39 is 11.7 Å². The molecule has 0 saturated carbocycles. The second-order valence-electron chi connectivity index (χ2n) is 7.31. The number of hydrogen-bond acceptors (Lipinski definition) is 6. The molecule has 0 saturated heterocycles. The molecule has 11 heteroatoms. The lowest BCUT2D eigenvalue weighted by Crippen LogP contribution is -2.17. The number of nitrogens with one attached hydrogen (secondary N) is 2. The molecule has 0 spiro atoms. The van der Waals surface area contributed by atoms with Gasteiger partial charge in [-0.1, -0.05) is 0 Å². The van der Waals surface area contributed by atoms with Crippen molar-refractivity contribution in [3.8, 4) is 11.5 Å². The van der Waals surface area contributed by atoms with Crippen LogP contribution >= 0.6 is 0 Å². The molecule has 0 radical (unpaired) electrons. The van der Waals surface area contributed by atoms with Gasteiger partial charge in [-0.15, -0.1) is 0 Å². The molecule has 4 rings (SSSR count). The van der Waals surface area contributed by atoms with Crippen LogP contribution in [0.15, 0.2) is 60.8 Å². The maximum absolute atomic E-state index is 12.8. The van der Waals surface area contributed by atoms with Gasteiger partial charge in [-0.05, 0) is 42.5 Å². The van der Waals surface area contributed by atoms with E-state index in [2.05, 4.69) is 20.6 Å². The highest BCUT2D eigenvalue weighted by molar-refractivity contribution is 5.90. The van der Waals surface area contributed by atoms with Crippen molar-refractivity contribution in [1.29, 1.82) is 0 Å². The summed E-state index contributed by atoms with van der Waals surface area (Å²) in [4.78, 5) is 20.3. The van der Waals surface area contributed by atoms with Gasteiger partial charge in [0.2, 0.25) is 5.95 Å². The summed E-state index contributed by atoms with van der Waals surface area (Å²) < 4.78 is 50.8. The lowest BCUT2D eigenvalue weighted by atomic mass is 10.2. The number of anilines is 3. The van der Waals surface area contributed by atoms with Crippen molar-refractivity contribution in [1.82, 2.24) is 14.5 Å². The molecule has 2 N–H and O–H groups in total. The Morgan fingerprint density at radius 2 is 1.79 bits per heavy atom. The summed E-state index contributed by atoms with van der Waals surface area (Å²) in [7, 11) is 3.21. The predicted octanol–water partition coefficient (Wildman–Crippen LogP) is 5.11. The average molecular weight is 471 g/mol. The number of benzene rings is 2. The fourth-order valence-corrected chi connectivity index (χ4v) is 3.22. The van der Waals surface area contributed by atoms with Gasteiger partial charge in [0, 0.05) is 38.2 Å². The number of amides is 1. The van der Waals surface area contributed by atoms with Crippen molar-refractivity contribution in [3.63, 3.8) is 0 Å². The third-order valence-electron chi connectivity index (χ3n) is 4.83. The molecule has 176 valence electrons. The summed E-state index contributed by atoms with van der Waals surface area (Å²) >= 11 is 0. The van der Waals surface area contributed by atoms with Crippen LogP contribution in [0.2, 0.25) is 0 Å². The maximum Gasteiger partial charge on any atom is 0.416 e. The van der Waals surface area contributed by atoms with E-state index in [4.69, 9.17) is 9.47 Å². The number of methoxy groups -OCH3 is 1. The quantitative estimate of drug-likeness (QED) is 0.390. The SMILES string of the molecule is COCC(=O)Nc1cc(Oc2ccc3c(c2)nc(Nc2ccc(C(F)(F)F)cc2)n3C)ccn1. The average Bonchev–Trinajstić information content (AvgIpc) is 3.08. The molecule has 0 aliphatic rings. The molecule has 4 aromatic rings. The molecule has 0 aliphatic heterocycles. The number of nitrogens with zero attached hydrogens (tertiary/aromatic N) is 3. The number of carbonyl (C=O) groups is 1. The first-order valence-corrected chi connectivity index (χ1v) is 10.1. The summed E-state index contributed by atoms with van der Waals surface area (Å²) in [6.07, 6.45) is -2.89. The third kappa shape index (κ3) is 5.26. The number of alkyl halides is 3. The van der Waals surface area contributed by atoms with Crippen LogP contribution in [0, 0.1) is 0 Å². The number of pyridine rings is 1. The summed E-state index contributed by atoms with van der Waals surface area (Å²) in [5.74, 6) is 1.41. The van der Waals surface area contributed by atoms with E-state index >= 15 is 0 Å². The fourth-order valence-electron chi connectivity index (χ4n) is 3.22. The Hall–Kier alpha value is -4.12. The zero-order valence-corrected chi connectivity index (χ0v) is 18.2. The van der Waals surface area contributed by atoms with Gasteiger partial charge in [0.05, 0.1) is 16.6 Å². The Morgan fingerprint density at radius 3 is 2.50 bits per heavy atom. The molecule has 0 aliphatic carbocycles. The molecule has 0 atom stereocenters. The standard InChI is InChI=1S/C23H20F3N5O3/c1-31-19-8-7-16(34-17-9-10-27-20(12-17)30-21(32)13-33-2)11-18(19)29-22(31)28-15-5-3-14(4-6-15)23(24,25)26/h3-12H,13H2,1-2H3,(H,28,29)(H,27,30,32). The Kier molecular flexibility index (Phi) is 6.37. The minimum atomic E-state index is -4.39. The molecule has 34 heavy (non-hydrogen) atoms. The normalized spacial score (nSPS) is 11.4. The number of imidazole rings is 1. The molecule has 8 nitrogen and oxygen atoms in total. The van der Waals surface area contributed by atoms with Gasteiger partial charge < -0.3 is 24.7 Å². The maximum atomic E-state index is 12.8. The van der Waals surface area contributed by atoms with Crippen LogP contribution in [-0.4, -0.2) is 34.2 Å². The molecule has 2 aromatic heterocycles. The lowest BCUT2D eigenvalue weighted by Gasteiger charge is -2.09. The molecule has 2 heterocycles. The molecule has 0 bridgehead atoms. The van der Waals surface area contributed by atoms with Gasteiger partial charge >= 0.3 is 6.18 Å². The topological polar surface area (TPSA) is 90.3 Å². The minimum Gasteiger partial charge on any atom is -0.457 e. The fraction of sp³-hybridized carbons (Fsp3) is 0.174. The van der Waals surface area contributed by atoms with Crippen molar-refractivity contribution in [2.75, 3.05) is 24.4 Å². The number of carbonyl (C=O) groups excluding carboxylic acids is 1. The first kappa shape index (κ1) is 23.1. The van der Waals surface area contributed by atoms with Crippen LogP contribution in [0.25, 0.3) is 11.0 Å². The van der Waals surface area contributed by atoms with E-state index in [1.807, 2.05) is 6.07 Å². The predicted molar refractivity (Wildman–Crippen MR) is 120 cm³/mol. The van der Waals surface area contributed by atoms with Crippen LogP contribution in [0.1, 0.15) is 5.56 Å². The van der Waals surface area contributed by atoms with Gasteiger partial charge in [-0.2, -0.15) is 13.2 Å². The highest BCUT2D eigenvalue weighted by Gasteiger charge is 2.30. The van der Waals surface area contributed by atoms with Crippen LogP contribution in [-0.2, 0) is 22.8 Å². The first-order valence-electron chi connectivity index (χ1n) is 10.1. The molecular weight excluding hydrogens is 451 g/mol. The van der Waals surface area contributed by atoms with E-state index in [1.165, 1.54) is 25.4 Å². The van der Waals surface area contributed by atoms with Crippen molar-refractivity contribution < 1.29 is 27.4 Å². The zero-order valence-electron chi connectivity index (χ0n) is 18.2. The Balaban J connectivity index is 1.51. The first-order chi connectivity index (χ1) is 16.2. The van der Waals surface area contributed by atoms with Crippen LogP contribution in [0.4, 0.5) is 30.6 Å². The number of hydrogen-bond donors (Lipinski definition) is 2. The van der Waals surface area contributed by atoms with Crippen molar-refractivity contribution >= 4 is 34.4 Å². The van der Waals surface area contributed by atoms with Gasteiger partial charge in [-0.3, -0.25) is 4.79 Å². The monoisotopic (exact) mass is 471 g/mol. The van der Waals surface area contributed by atoms with E-state index in [9.17, 15) is 18.0 Å².